The minimum atomic E-state index is -0.289. The topological polar surface area (TPSA) is 3.24 Å². The average Bonchev–Trinajstić information content (AvgIpc) is 3.04. The number of benzene rings is 5. The summed E-state index contributed by atoms with van der Waals surface area (Å²) in [5.41, 5.74) is 6.40. The van der Waals surface area contributed by atoms with Crippen molar-refractivity contribution in [3.8, 4) is 11.1 Å². The van der Waals surface area contributed by atoms with E-state index in [0.29, 0.717) is 0 Å². The Morgan fingerprint density at radius 3 is 1.73 bits per heavy atom. The fourth-order valence-electron chi connectivity index (χ4n) is 6.58. The molecule has 0 saturated heterocycles. The lowest BCUT2D eigenvalue weighted by atomic mass is 9.59. The van der Waals surface area contributed by atoms with Crippen LogP contribution in [0.5, 0.6) is 0 Å². The Kier molecular flexibility index (Phi) is 6.75. The monoisotopic (exact) mass is 669 g/mol. The highest BCUT2D eigenvalue weighted by molar-refractivity contribution is 9.10. The largest absolute Gasteiger partial charge is 0.310 e. The molecule has 5 aromatic carbocycles. The molecule has 1 aliphatic carbocycles. The third kappa shape index (κ3) is 4.37. The van der Waals surface area contributed by atoms with E-state index in [9.17, 15) is 0 Å². The molecule has 0 unspecified atom stereocenters. The fraction of sp³-hybridized carbons (Fsp3) is 0.243. The molecule has 0 saturated carbocycles. The number of anilines is 3. The number of nitrogens with zero attached hydrogens (tertiary/aromatic N) is 1. The van der Waals surface area contributed by atoms with Crippen LogP contribution in [0.3, 0.4) is 0 Å². The highest BCUT2D eigenvalue weighted by Crippen LogP contribution is 2.62. The molecule has 0 N–H and O–H groups in total. The van der Waals surface area contributed by atoms with E-state index in [0.717, 1.165) is 59.0 Å². The molecule has 0 bridgehead atoms. The average molecular weight is 671 g/mol. The minimum Gasteiger partial charge on any atom is -0.310 e. The Morgan fingerprint density at radius 1 is 0.610 bits per heavy atom. The van der Waals surface area contributed by atoms with Gasteiger partial charge in [-0.05, 0) is 111 Å². The molecule has 0 heterocycles. The van der Waals surface area contributed by atoms with Crippen LogP contribution in [-0.4, -0.2) is 0 Å². The van der Waals surface area contributed by atoms with Crippen LogP contribution in [0.25, 0.3) is 21.9 Å². The third-order valence-electron chi connectivity index (χ3n) is 10.1. The Bertz CT molecular complexity index is 1740. The third-order valence-corrected chi connectivity index (χ3v) is 11.2. The van der Waals surface area contributed by atoms with E-state index >= 15 is 4.39 Å². The number of fused-ring (bicyclic) bond motifs is 2. The molecule has 41 heavy (non-hydrogen) atoms. The Labute approximate surface area is 259 Å². The van der Waals surface area contributed by atoms with Gasteiger partial charge in [0.05, 0.1) is 5.69 Å². The molecule has 6 rings (SSSR count). The first kappa shape index (κ1) is 28.2. The van der Waals surface area contributed by atoms with Crippen molar-refractivity contribution in [3.05, 3.63) is 123 Å². The van der Waals surface area contributed by atoms with Crippen LogP contribution >= 0.6 is 31.9 Å². The minimum absolute atomic E-state index is 0.115. The zero-order valence-corrected chi connectivity index (χ0v) is 27.5. The van der Waals surface area contributed by atoms with Crippen LogP contribution < -0.4 is 4.90 Å². The van der Waals surface area contributed by atoms with Crippen molar-refractivity contribution in [2.45, 2.75) is 52.4 Å². The molecular formula is C37H34Br2FN. The second-order valence-electron chi connectivity index (χ2n) is 12.8. The first-order valence-electron chi connectivity index (χ1n) is 14.0. The van der Waals surface area contributed by atoms with Gasteiger partial charge in [-0.15, -0.1) is 0 Å². The molecule has 4 heteroatoms. The molecule has 0 radical (unpaired) electrons. The van der Waals surface area contributed by atoms with Crippen molar-refractivity contribution >= 4 is 59.7 Å². The van der Waals surface area contributed by atoms with Crippen LogP contribution in [0.4, 0.5) is 21.5 Å². The van der Waals surface area contributed by atoms with E-state index < -0.39 is 0 Å². The summed E-state index contributed by atoms with van der Waals surface area (Å²) < 4.78 is 18.2. The smallest absolute Gasteiger partial charge is 0.127 e. The summed E-state index contributed by atoms with van der Waals surface area (Å²) in [5, 5.41) is 2.24. The second kappa shape index (κ2) is 9.81. The van der Waals surface area contributed by atoms with Gasteiger partial charge in [0, 0.05) is 25.7 Å². The van der Waals surface area contributed by atoms with Gasteiger partial charge in [0.25, 0.3) is 0 Å². The van der Waals surface area contributed by atoms with Crippen molar-refractivity contribution < 1.29 is 4.39 Å². The second-order valence-corrected chi connectivity index (χ2v) is 14.6. The molecule has 0 aliphatic heterocycles. The molecule has 0 spiro atoms. The van der Waals surface area contributed by atoms with Gasteiger partial charge in [-0.25, -0.2) is 4.39 Å². The van der Waals surface area contributed by atoms with E-state index in [-0.39, 0.29) is 22.1 Å². The fourth-order valence-corrected chi connectivity index (χ4v) is 7.11. The van der Waals surface area contributed by atoms with Crippen LogP contribution in [0, 0.1) is 11.2 Å². The first-order chi connectivity index (χ1) is 19.3. The highest BCUT2D eigenvalue weighted by Gasteiger charge is 2.58. The molecule has 0 aromatic heterocycles. The van der Waals surface area contributed by atoms with Gasteiger partial charge < -0.3 is 4.90 Å². The van der Waals surface area contributed by atoms with Gasteiger partial charge in [0.15, 0.2) is 0 Å². The van der Waals surface area contributed by atoms with E-state index in [4.69, 9.17) is 0 Å². The normalized spacial score (nSPS) is 16.5. The lowest BCUT2D eigenvalue weighted by Gasteiger charge is -2.44. The van der Waals surface area contributed by atoms with Crippen molar-refractivity contribution in [1.82, 2.24) is 0 Å². The van der Waals surface area contributed by atoms with E-state index in [2.05, 4.69) is 169 Å². The summed E-state index contributed by atoms with van der Waals surface area (Å²) in [6.07, 6.45) is 0. The van der Waals surface area contributed by atoms with Crippen LogP contribution in [-0.2, 0) is 10.8 Å². The molecule has 0 fully saturated rings. The molecule has 5 aromatic rings. The van der Waals surface area contributed by atoms with Gasteiger partial charge in [-0.2, -0.15) is 0 Å². The summed E-state index contributed by atoms with van der Waals surface area (Å²) in [4.78, 5) is 2.28. The van der Waals surface area contributed by atoms with Gasteiger partial charge in [0.1, 0.15) is 5.82 Å². The molecule has 0 amide bonds. The zero-order valence-electron chi connectivity index (χ0n) is 24.3. The van der Waals surface area contributed by atoms with Crippen LogP contribution in [0.15, 0.2) is 106 Å². The lowest BCUT2D eigenvalue weighted by molar-refractivity contribution is 0.123. The Balaban J connectivity index is 1.62. The number of hydrogen-bond acceptors (Lipinski definition) is 1. The summed E-state index contributed by atoms with van der Waals surface area (Å²) >= 11 is 7.19. The summed E-state index contributed by atoms with van der Waals surface area (Å²) in [5.74, 6) is -0.117. The van der Waals surface area contributed by atoms with E-state index in [1.165, 1.54) is 0 Å². The predicted molar refractivity (Wildman–Crippen MR) is 179 cm³/mol. The molecule has 1 aliphatic rings. The van der Waals surface area contributed by atoms with E-state index in [1.54, 1.807) is 6.07 Å². The SMILES string of the molecule is CC1(C)c2cc(-c3cc(N(c4ccc(Br)cc4)c4ccc(Br)cc4)c4ccccc4c3)cc(F)c2C(C)(C)C1(C)C. The Morgan fingerprint density at radius 2 is 1.15 bits per heavy atom. The van der Waals surface area contributed by atoms with E-state index in [1.807, 2.05) is 0 Å². The number of halogens is 3. The highest BCUT2D eigenvalue weighted by atomic mass is 79.9. The molecule has 1 nitrogen and oxygen atoms in total. The summed E-state index contributed by atoms with van der Waals surface area (Å²) in [6, 6.07) is 33.6. The Hall–Kier alpha value is -2.95. The van der Waals surface area contributed by atoms with Gasteiger partial charge in [0.2, 0.25) is 0 Å². The molecular weight excluding hydrogens is 637 g/mol. The molecule has 208 valence electrons. The van der Waals surface area contributed by atoms with Crippen molar-refractivity contribution in [2.24, 2.45) is 5.41 Å². The van der Waals surface area contributed by atoms with Crippen LogP contribution in [0.1, 0.15) is 52.7 Å². The standard InChI is InChI=1S/C37H34Br2FN/c1-35(2)31-20-25(21-32(40)34(31)36(3,4)37(35,5)6)24-19-23-9-7-8-10-30(23)33(22-24)41(28-15-11-26(38)12-16-28)29-17-13-27(39)14-18-29/h7-22H,1-6H3. The van der Waals surface area contributed by atoms with Gasteiger partial charge >= 0.3 is 0 Å². The maximum Gasteiger partial charge on any atom is 0.127 e. The first-order valence-corrected chi connectivity index (χ1v) is 15.6. The summed E-state index contributed by atoms with van der Waals surface area (Å²) in [6.45, 7) is 13.4. The van der Waals surface area contributed by atoms with Crippen molar-refractivity contribution in [3.63, 3.8) is 0 Å². The number of hydrogen-bond donors (Lipinski definition) is 0. The number of rotatable bonds is 4. The molecule has 0 atom stereocenters. The quantitative estimate of drug-likeness (QED) is 0.184. The van der Waals surface area contributed by atoms with Gasteiger partial charge in [-0.1, -0.05) is 104 Å². The lowest BCUT2D eigenvalue weighted by Crippen LogP contribution is -2.42. The van der Waals surface area contributed by atoms with Crippen molar-refractivity contribution in [1.29, 1.82) is 0 Å². The maximum atomic E-state index is 16.2. The van der Waals surface area contributed by atoms with Crippen molar-refractivity contribution in [2.75, 3.05) is 4.90 Å². The van der Waals surface area contributed by atoms with Crippen LogP contribution in [0.2, 0.25) is 0 Å². The maximum absolute atomic E-state index is 16.2. The zero-order chi connectivity index (χ0) is 29.3. The predicted octanol–water partition coefficient (Wildman–Crippen LogP) is 12.2. The van der Waals surface area contributed by atoms with Gasteiger partial charge in [-0.3, -0.25) is 0 Å². The summed E-state index contributed by atoms with van der Waals surface area (Å²) in [7, 11) is 0.